The molecule has 1 aromatic heterocycles. The summed E-state index contributed by atoms with van der Waals surface area (Å²) in [7, 11) is 1.61. The second kappa shape index (κ2) is 8.09. The lowest BCUT2D eigenvalue weighted by atomic mass is 9.97. The summed E-state index contributed by atoms with van der Waals surface area (Å²) in [6, 6.07) is 7.62. The van der Waals surface area contributed by atoms with E-state index in [1.807, 2.05) is 31.2 Å². The molecule has 0 aliphatic heterocycles. The summed E-state index contributed by atoms with van der Waals surface area (Å²) < 4.78 is 6.40. The van der Waals surface area contributed by atoms with Crippen LogP contribution in [0.1, 0.15) is 30.5 Å². The third kappa shape index (κ3) is 5.08. The van der Waals surface area contributed by atoms with Crippen molar-refractivity contribution in [3.05, 3.63) is 41.7 Å². The van der Waals surface area contributed by atoms with Crippen molar-refractivity contribution in [2.75, 3.05) is 7.11 Å². The predicted octanol–water partition coefficient (Wildman–Crippen LogP) is 1.18. The maximum Gasteiger partial charge on any atom is 0.325 e. The van der Waals surface area contributed by atoms with Gasteiger partial charge in [-0.05, 0) is 23.6 Å². The molecule has 0 aliphatic carbocycles. The minimum absolute atomic E-state index is 0.0443. The van der Waals surface area contributed by atoms with Gasteiger partial charge in [-0.1, -0.05) is 24.3 Å². The molecule has 2 rings (SSSR count). The number of carboxylic acid groups (broad SMARTS) is 1. The van der Waals surface area contributed by atoms with Crippen molar-refractivity contribution in [2.45, 2.75) is 32.4 Å². The largest absolute Gasteiger partial charge is 0.497 e. The molecule has 1 heterocycles. The first-order valence-corrected chi connectivity index (χ1v) is 7.49. The van der Waals surface area contributed by atoms with E-state index in [1.165, 1.54) is 10.9 Å². The van der Waals surface area contributed by atoms with Crippen molar-refractivity contribution < 1.29 is 19.4 Å². The molecule has 0 fully saturated rings. The van der Waals surface area contributed by atoms with Gasteiger partial charge >= 0.3 is 5.97 Å². The maximum absolute atomic E-state index is 12.0. The number of carbonyl (C=O) groups excluding carboxylic acids is 1. The molecule has 8 nitrogen and oxygen atoms in total. The number of methoxy groups -OCH3 is 1. The number of hydrogen-bond acceptors (Lipinski definition) is 5. The Balaban J connectivity index is 1.84. The van der Waals surface area contributed by atoms with Gasteiger partial charge in [0.1, 0.15) is 18.0 Å². The second-order valence-corrected chi connectivity index (χ2v) is 5.46. The van der Waals surface area contributed by atoms with Gasteiger partial charge < -0.3 is 15.2 Å². The lowest BCUT2D eigenvalue weighted by Gasteiger charge is -2.12. The van der Waals surface area contributed by atoms with Crippen LogP contribution in [0.3, 0.4) is 0 Å². The van der Waals surface area contributed by atoms with E-state index in [0.29, 0.717) is 12.1 Å². The summed E-state index contributed by atoms with van der Waals surface area (Å²) in [5.74, 6) is -0.307. The molecule has 24 heavy (non-hydrogen) atoms. The third-order valence-electron chi connectivity index (χ3n) is 3.50. The molecule has 1 amide bonds. The van der Waals surface area contributed by atoms with Gasteiger partial charge in [0.2, 0.25) is 5.91 Å². The van der Waals surface area contributed by atoms with Crippen molar-refractivity contribution in [2.24, 2.45) is 0 Å². The minimum atomic E-state index is -0.998. The molecule has 0 saturated carbocycles. The van der Waals surface area contributed by atoms with Crippen LogP contribution >= 0.6 is 0 Å². The Morgan fingerprint density at radius 1 is 1.42 bits per heavy atom. The number of ether oxygens (including phenoxy) is 1. The van der Waals surface area contributed by atoms with Crippen LogP contribution in [0.25, 0.3) is 0 Å². The zero-order valence-corrected chi connectivity index (χ0v) is 13.6. The van der Waals surface area contributed by atoms with Crippen LogP contribution in [0, 0.1) is 0 Å². The first-order chi connectivity index (χ1) is 11.5. The van der Waals surface area contributed by atoms with Crippen LogP contribution in [0.2, 0.25) is 0 Å². The first-order valence-electron chi connectivity index (χ1n) is 7.49. The Morgan fingerprint density at radius 2 is 2.21 bits per heavy atom. The van der Waals surface area contributed by atoms with Crippen molar-refractivity contribution in [1.82, 2.24) is 20.3 Å². The monoisotopic (exact) mass is 332 g/mol. The van der Waals surface area contributed by atoms with Crippen molar-refractivity contribution in [1.29, 1.82) is 0 Å². The average molecular weight is 332 g/mol. The van der Waals surface area contributed by atoms with E-state index < -0.39 is 5.97 Å². The summed E-state index contributed by atoms with van der Waals surface area (Å²) in [5, 5.41) is 18.9. The number of aromatic nitrogens is 3. The highest BCUT2D eigenvalue weighted by molar-refractivity contribution is 5.76. The first kappa shape index (κ1) is 17.5. The predicted molar refractivity (Wildman–Crippen MR) is 85.5 cm³/mol. The molecule has 2 aromatic rings. The van der Waals surface area contributed by atoms with Gasteiger partial charge in [-0.3, -0.25) is 9.59 Å². The Hall–Kier alpha value is -2.90. The second-order valence-electron chi connectivity index (χ2n) is 5.46. The summed E-state index contributed by atoms with van der Waals surface area (Å²) in [6.07, 6.45) is 1.83. The number of benzene rings is 1. The lowest BCUT2D eigenvalue weighted by molar-refractivity contribution is -0.138. The van der Waals surface area contributed by atoms with Gasteiger partial charge in [-0.2, -0.15) is 0 Å². The van der Waals surface area contributed by atoms with Crippen molar-refractivity contribution >= 4 is 11.9 Å². The molecule has 1 atom stereocenters. The minimum Gasteiger partial charge on any atom is -0.497 e. The summed E-state index contributed by atoms with van der Waals surface area (Å²) >= 11 is 0. The molecule has 0 bridgehead atoms. The number of nitrogens with zero attached hydrogens (tertiary/aromatic N) is 3. The normalized spacial score (nSPS) is 11.8. The quantitative estimate of drug-likeness (QED) is 0.752. The fourth-order valence-corrected chi connectivity index (χ4v) is 2.24. The molecule has 1 unspecified atom stereocenters. The van der Waals surface area contributed by atoms with Crippen LogP contribution in [0.4, 0.5) is 0 Å². The molecule has 0 aliphatic rings. The molecule has 2 N–H and O–H groups in total. The SMILES string of the molecule is COc1cccc(C(C)CC(=O)NCc2cn(CC(=O)O)nn2)c1. The zero-order valence-electron chi connectivity index (χ0n) is 13.6. The fourth-order valence-electron chi connectivity index (χ4n) is 2.24. The Bertz CT molecular complexity index is 714. The number of nitrogens with one attached hydrogen (secondary N) is 1. The van der Waals surface area contributed by atoms with Gasteiger partial charge in [-0.15, -0.1) is 5.10 Å². The standard InChI is InChI=1S/C16H20N4O4/c1-11(12-4-3-5-14(7-12)24-2)6-15(21)17-8-13-9-20(19-18-13)10-16(22)23/h3-5,7,9,11H,6,8,10H2,1-2H3,(H,17,21)(H,22,23). The lowest BCUT2D eigenvalue weighted by Crippen LogP contribution is -2.24. The summed E-state index contributed by atoms with van der Waals surface area (Å²) in [5.41, 5.74) is 1.54. The number of carbonyl (C=O) groups is 2. The van der Waals surface area contributed by atoms with E-state index in [-0.39, 0.29) is 24.9 Å². The topological polar surface area (TPSA) is 106 Å². The maximum atomic E-state index is 12.0. The molecule has 0 spiro atoms. The van der Waals surface area contributed by atoms with E-state index in [4.69, 9.17) is 9.84 Å². The summed E-state index contributed by atoms with van der Waals surface area (Å²) in [6.45, 7) is 1.93. The van der Waals surface area contributed by atoms with Gasteiger partial charge in [0.05, 0.1) is 19.9 Å². The van der Waals surface area contributed by atoms with Gasteiger partial charge in [0.25, 0.3) is 0 Å². The number of amides is 1. The van der Waals surface area contributed by atoms with E-state index in [1.54, 1.807) is 7.11 Å². The average Bonchev–Trinajstić information content (AvgIpc) is 2.99. The Labute approximate surface area is 139 Å². The van der Waals surface area contributed by atoms with E-state index in [0.717, 1.165) is 11.3 Å². The van der Waals surface area contributed by atoms with Gasteiger partial charge in [-0.25, -0.2) is 4.68 Å². The molecule has 0 radical (unpaired) electrons. The van der Waals surface area contributed by atoms with E-state index in [9.17, 15) is 9.59 Å². The highest BCUT2D eigenvalue weighted by atomic mass is 16.5. The molecular formula is C16H20N4O4. The van der Waals surface area contributed by atoms with Crippen molar-refractivity contribution in [3.63, 3.8) is 0 Å². The smallest absolute Gasteiger partial charge is 0.325 e. The number of hydrogen-bond donors (Lipinski definition) is 2. The van der Waals surface area contributed by atoms with Crippen LogP contribution in [0.15, 0.2) is 30.5 Å². The molecular weight excluding hydrogens is 312 g/mol. The molecule has 128 valence electrons. The van der Waals surface area contributed by atoms with E-state index in [2.05, 4.69) is 15.6 Å². The number of aliphatic carboxylic acids is 1. The van der Waals surface area contributed by atoms with Crippen LogP contribution in [0.5, 0.6) is 5.75 Å². The molecule has 0 saturated heterocycles. The highest BCUT2D eigenvalue weighted by Crippen LogP contribution is 2.23. The molecule has 8 heteroatoms. The summed E-state index contributed by atoms with van der Waals surface area (Å²) in [4.78, 5) is 22.6. The zero-order chi connectivity index (χ0) is 17.5. The van der Waals surface area contributed by atoms with Crippen LogP contribution < -0.4 is 10.1 Å². The fraction of sp³-hybridized carbons (Fsp3) is 0.375. The molecule has 1 aromatic carbocycles. The van der Waals surface area contributed by atoms with Crippen LogP contribution in [-0.4, -0.2) is 39.1 Å². The highest BCUT2D eigenvalue weighted by Gasteiger charge is 2.12. The van der Waals surface area contributed by atoms with Crippen molar-refractivity contribution in [3.8, 4) is 5.75 Å². The Kier molecular flexibility index (Phi) is 5.89. The van der Waals surface area contributed by atoms with Crippen LogP contribution in [-0.2, 0) is 22.7 Å². The van der Waals surface area contributed by atoms with E-state index >= 15 is 0 Å². The van der Waals surface area contributed by atoms with Gasteiger partial charge in [0.15, 0.2) is 0 Å². The number of rotatable bonds is 8. The number of carboxylic acids is 1. The Morgan fingerprint density at radius 3 is 2.92 bits per heavy atom. The van der Waals surface area contributed by atoms with Gasteiger partial charge in [0, 0.05) is 6.42 Å². The third-order valence-corrected chi connectivity index (χ3v) is 3.50.